The molecule has 0 aromatic heterocycles. The molecule has 0 bridgehead atoms. The van der Waals surface area contributed by atoms with Crippen LogP contribution in [0.4, 0.5) is 10.5 Å². The van der Waals surface area contributed by atoms with E-state index in [9.17, 15) is 14.4 Å². The summed E-state index contributed by atoms with van der Waals surface area (Å²) in [6.45, 7) is 6.49. The van der Waals surface area contributed by atoms with Crippen LogP contribution in [-0.2, 0) is 20.9 Å². The molecule has 1 aliphatic carbocycles. The number of fused-ring (bicyclic) bond motifs is 1. The summed E-state index contributed by atoms with van der Waals surface area (Å²) < 4.78 is 11.0. The lowest BCUT2D eigenvalue weighted by Crippen LogP contribution is -2.51. The number of ether oxygens (including phenoxy) is 2. The first-order chi connectivity index (χ1) is 17.8. The van der Waals surface area contributed by atoms with Gasteiger partial charge in [0.05, 0.1) is 18.9 Å². The Kier molecular flexibility index (Phi) is 10.6. The fourth-order valence-corrected chi connectivity index (χ4v) is 4.61. The van der Waals surface area contributed by atoms with Crippen LogP contribution in [0.1, 0.15) is 71.3 Å². The van der Waals surface area contributed by atoms with Crippen molar-refractivity contribution in [3.8, 4) is 5.75 Å². The SMILES string of the molecule is CCOC(=O)CN1Cc2cc(OCCCC(=O)N(C)C3CCCCC3)ccc2N=C1NC(=O)NC(C)C. The smallest absolute Gasteiger partial charge is 0.325 e. The summed E-state index contributed by atoms with van der Waals surface area (Å²) in [7, 11) is 1.92. The molecule has 1 heterocycles. The Morgan fingerprint density at radius 2 is 1.95 bits per heavy atom. The number of urea groups is 1. The average molecular weight is 516 g/mol. The lowest BCUT2D eigenvalue weighted by Gasteiger charge is -2.31. The number of rotatable bonds is 10. The summed E-state index contributed by atoms with van der Waals surface area (Å²) in [5.74, 6) is 0.728. The summed E-state index contributed by atoms with van der Waals surface area (Å²) in [5.41, 5.74) is 1.56. The van der Waals surface area contributed by atoms with Crippen molar-refractivity contribution in [2.45, 2.75) is 84.3 Å². The second-order valence-corrected chi connectivity index (χ2v) is 9.89. The molecule has 2 aliphatic rings. The van der Waals surface area contributed by atoms with E-state index in [0.29, 0.717) is 43.5 Å². The Morgan fingerprint density at radius 1 is 1.19 bits per heavy atom. The van der Waals surface area contributed by atoms with Gasteiger partial charge in [-0.2, -0.15) is 0 Å². The second-order valence-electron chi connectivity index (χ2n) is 9.89. The van der Waals surface area contributed by atoms with E-state index in [1.54, 1.807) is 11.8 Å². The first kappa shape index (κ1) is 28.3. The number of guanidine groups is 1. The van der Waals surface area contributed by atoms with Gasteiger partial charge in [0.15, 0.2) is 0 Å². The number of hydrogen-bond acceptors (Lipinski definition) is 7. The number of nitrogens with one attached hydrogen (secondary N) is 2. The van der Waals surface area contributed by atoms with Gasteiger partial charge in [0.2, 0.25) is 11.9 Å². The minimum absolute atomic E-state index is 0.0438. The van der Waals surface area contributed by atoms with Crippen molar-refractivity contribution >= 4 is 29.6 Å². The van der Waals surface area contributed by atoms with Crippen molar-refractivity contribution in [3.05, 3.63) is 23.8 Å². The van der Waals surface area contributed by atoms with Gasteiger partial charge < -0.3 is 24.6 Å². The molecule has 0 radical (unpaired) electrons. The van der Waals surface area contributed by atoms with Gasteiger partial charge in [-0.25, -0.2) is 9.79 Å². The first-order valence-electron chi connectivity index (χ1n) is 13.3. The number of esters is 1. The fraction of sp³-hybridized carbons (Fsp3) is 0.630. The Morgan fingerprint density at radius 3 is 2.65 bits per heavy atom. The zero-order valence-corrected chi connectivity index (χ0v) is 22.5. The van der Waals surface area contributed by atoms with Crippen molar-refractivity contribution in [3.63, 3.8) is 0 Å². The normalized spacial score (nSPS) is 15.5. The topological polar surface area (TPSA) is 113 Å². The predicted octanol–water partition coefficient (Wildman–Crippen LogP) is 3.71. The Balaban J connectivity index is 1.58. The molecule has 0 unspecified atom stereocenters. The van der Waals surface area contributed by atoms with Crippen molar-refractivity contribution in [2.75, 3.05) is 26.8 Å². The lowest BCUT2D eigenvalue weighted by atomic mass is 9.94. The van der Waals surface area contributed by atoms with Crippen LogP contribution in [0.25, 0.3) is 0 Å². The highest BCUT2D eigenvalue weighted by atomic mass is 16.5. The third kappa shape index (κ3) is 8.65. The highest BCUT2D eigenvalue weighted by Crippen LogP contribution is 2.30. The predicted molar refractivity (Wildman–Crippen MR) is 142 cm³/mol. The van der Waals surface area contributed by atoms with Crippen LogP contribution in [0, 0.1) is 0 Å². The van der Waals surface area contributed by atoms with Gasteiger partial charge in [0.1, 0.15) is 12.3 Å². The quantitative estimate of drug-likeness (QED) is 0.363. The highest BCUT2D eigenvalue weighted by Gasteiger charge is 2.25. The molecule has 0 atom stereocenters. The summed E-state index contributed by atoms with van der Waals surface area (Å²) >= 11 is 0. The number of benzene rings is 1. The summed E-state index contributed by atoms with van der Waals surface area (Å²) in [4.78, 5) is 45.2. The molecule has 10 heteroatoms. The number of amides is 3. The fourth-order valence-electron chi connectivity index (χ4n) is 4.61. The summed E-state index contributed by atoms with van der Waals surface area (Å²) in [6.07, 6.45) is 6.97. The van der Waals surface area contributed by atoms with Crippen molar-refractivity contribution in [1.82, 2.24) is 20.4 Å². The van der Waals surface area contributed by atoms with E-state index in [1.165, 1.54) is 19.3 Å². The maximum atomic E-state index is 12.6. The van der Waals surface area contributed by atoms with Crippen LogP contribution < -0.4 is 15.4 Å². The number of aliphatic imine (C=N–C) groups is 1. The van der Waals surface area contributed by atoms with Crippen LogP contribution >= 0.6 is 0 Å². The molecular formula is C27H41N5O5. The molecule has 3 rings (SSSR count). The van der Waals surface area contributed by atoms with Gasteiger partial charge in [-0.1, -0.05) is 19.3 Å². The third-order valence-corrected chi connectivity index (χ3v) is 6.53. The maximum Gasteiger partial charge on any atom is 0.325 e. The lowest BCUT2D eigenvalue weighted by molar-refractivity contribution is -0.143. The minimum Gasteiger partial charge on any atom is -0.494 e. The first-order valence-corrected chi connectivity index (χ1v) is 13.3. The molecule has 0 spiro atoms. The zero-order chi connectivity index (χ0) is 26.8. The maximum absolute atomic E-state index is 12.6. The van der Waals surface area contributed by atoms with E-state index in [-0.39, 0.29) is 31.1 Å². The third-order valence-electron chi connectivity index (χ3n) is 6.53. The molecule has 204 valence electrons. The van der Waals surface area contributed by atoms with Crippen LogP contribution in [0.5, 0.6) is 5.75 Å². The van der Waals surface area contributed by atoms with E-state index in [2.05, 4.69) is 15.6 Å². The van der Waals surface area contributed by atoms with Crippen LogP contribution in [0.15, 0.2) is 23.2 Å². The summed E-state index contributed by atoms with van der Waals surface area (Å²) in [6, 6.07) is 5.48. The van der Waals surface area contributed by atoms with Gasteiger partial charge in [0.25, 0.3) is 0 Å². The van der Waals surface area contributed by atoms with E-state index < -0.39 is 12.0 Å². The summed E-state index contributed by atoms with van der Waals surface area (Å²) in [5, 5.41) is 5.50. The molecule has 0 saturated heterocycles. The Hall–Kier alpha value is -3.30. The molecule has 1 aromatic carbocycles. The Labute approximate surface area is 219 Å². The van der Waals surface area contributed by atoms with Gasteiger partial charge in [-0.15, -0.1) is 0 Å². The van der Waals surface area contributed by atoms with E-state index >= 15 is 0 Å². The van der Waals surface area contributed by atoms with Crippen molar-refractivity contribution in [2.24, 2.45) is 4.99 Å². The molecule has 1 aliphatic heterocycles. The largest absolute Gasteiger partial charge is 0.494 e. The molecular weight excluding hydrogens is 474 g/mol. The number of nitrogens with zero attached hydrogens (tertiary/aromatic N) is 3. The molecule has 1 saturated carbocycles. The van der Waals surface area contributed by atoms with Gasteiger partial charge >= 0.3 is 12.0 Å². The number of carbonyl (C=O) groups excluding carboxylic acids is 3. The molecule has 1 aromatic rings. The van der Waals surface area contributed by atoms with Crippen LogP contribution in [0.2, 0.25) is 0 Å². The molecule has 37 heavy (non-hydrogen) atoms. The Bertz CT molecular complexity index is 974. The number of carbonyl (C=O) groups is 3. The highest BCUT2D eigenvalue weighted by molar-refractivity contribution is 5.99. The van der Waals surface area contributed by atoms with E-state index in [4.69, 9.17) is 9.47 Å². The van der Waals surface area contributed by atoms with Gasteiger partial charge in [-0.05, 0) is 58.2 Å². The van der Waals surface area contributed by atoms with E-state index in [1.807, 2.05) is 44.0 Å². The second kappa shape index (κ2) is 13.9. The molecule has 2 N–H and O–H groups in total. The molecule has 1 fully saturated rings. The standard InChI is InChI=1S/C27H41N5O5/c1-5-36-25(34)18-32-17-20-16-22(13-14-23(20)29-26(32)30-27(35)28-19(2)3)37-15-9-12-24(33)31(4)21-10-7-6-8-11-21/h13-14,16,19,21H,5-12,15,17-18H2,1-4H3,(H2,28,29,30,35). The van der Waals surface area contributed by atoms with Gasteiger partial charge in [-0.3, -0.25) is 14.9 Å². The number of hydrogen-bond donors (Lipinski definition) is 2. The van der Waals surface area contributed by atoms with Crippen molar-refractivity contribution in [1.29, 1.82) is 0 Å². The average Bonchev–Trinajstić information content (AvgIpc) is 2.86. The van der Waals surface area contributed by atoms with Gasteiger partial charge in [0, 0.05) is 37.7 Å². The van der Waals surface area contributed by atoms with E-state index in [0.717, 1.165) is 18.4 Å². The van der Waals surface area contributed by atoms with Crippen LogP contribution in [-0.4, -0.2) is 72.6 Å². The molecule has 3 amide bonds. The zero-order valence-electron chi connectivity index (χ0n) is 22.5. The molecule has 10 nitrogen and oxygen atoms in total. The van der Waals surface area contributed by atoms with Crippen molar-refractivity contribution < 1.29 is 23.9 Å². The monoisotopic (exact) mass is 515 g/mol. The van der Waals surface area contributed by atoms with Crippen LogP contribution in [0.3, 0.4) is 0 Å². The minimum atomic E-state index is -0.403.